The van der Waals surface area contributed by atoms with Crippen molar-refractivity contribution >= 4 is 74.3 Å². The van der Waals surface area contributed by atoms with Crippen LogP contribution in [0, 0.1) is 11.6 Å². The summed E-state index contributed by atoms with van der Waals surface area (Å²) in [5.41, 5.74) is 6.86. The number of halogens is 2. The van der Waals surface area contributed by atoms with Gasteiger partial charge >= 0.3 is 0 Å². The quantitative estimate of drug-likeness (QED) is 0.0654. The summed E-state index contributed by atoms with van der Waals surface area (Å²) in [6.45, 7) is 4.27. The Balaban J connectivity index is 0.000000201. The minimum atomic E-state index is -0.583. The fraction of sp³-hybridized carbons (Fsp3) is 0.173. The monoisotopic (exact) mass is 916 g/mol. The first-order valence-corrected chi connectivity index (χ1v) is 21.6. The van der Waals surface area contributed by atoms with Gasteiger partial charge in [0.15, 0.2) is 5.78 Å². The molecule has 346 valence electrons. The predicted molar refractivity (Wildman–Crippen MR) is 265 cm³/mol. The van der Waals surface area contributed by atoms with E-state index in [0.717, 1.165) is 33.0 Å². The van der Waals surface area contributed by atoms with Gasteiger partial charge in [0.1, 0.15) is 23.3 Å². The van der Waals surface area contributed by atoms with Gasteiger partial charge in [-0.25, -0.2) is 18.7 Å². The van der Waals surface area contributed by atoms with Crippen molar-refractivity contribution in [2.45, 2.75) is 33.0 Å². The van der Waals surface area contributed by atoms with E-state index in [4.69, 9.17) is 0 Å². The average molecular weight is 917 g/mol. The number of nitrogens with zero attached hydrogens (tertiary/aromatic N) is 6. The summed E-state index contributed by atoms with van der Waals surface area (Å²) in [5.74, 6) is 1.06. The number of aromatic nitrogens is 4. The first-order chi connectivity index (χ1) is 32.6. The van der Waals surface area contributed by atoms with E-state index in [1.54, 1.807) is 31.2 Å². The number of hydrogen-bond acceptors (Lipinski definition) is 12. The van der Waals surface area contributed by atoms with E-state index >= 15 is 0 Å². The molecule has 14 nitrogen and oxygen atoms in total. The van der Waals surface area contributed by atoms with Crippen molar-refractivity contribution in [3.05, 3.63) is 178 Å². The second-order valence-electron chi connectivity index (χ2n) is 16.3. The van der Waals surface area contributed by atoms with E-state index in [1.165, 1.54) is 55.5 Å². The molecule has 0 saturated carbocycles. The molecule has 0 bridgehead atoms. The lowest BCUT2D eigenvalue weighted by Crippen LogP contribution is -2.14. The molecule has 68 heavy (non-hydrogen) atoms. The lowest BCUT2D eigenvalue weighted by molar-refractivity contribution is 0.101. The van der Waals surface area contributed by atoms with Crippen LogP contribution in [0.15, 0.2) is 133 Å². The summed E-state index contributed by atoms with van der Waals surface area (Å²) in [5, 5.41) is 23.9. The Labute approximate surface area is 392 Å². The van der Waals surface area contributed by atoms with Gasteiger partial charge in [0.05, 0.1) is 17.1 Å². The number of carbonyl (C=O) groups is 3. The smallest absolute Gasteiger partial charge is 0.255 e. The van der Waals surface area contributed by atoms with Gasteiger partial charge in [0.2, 0.25) is 11.9 Å². The third-order valence-corrected chi connectivity index (χ3v) is 10.6. The molecule has 1 unspecified atom stereocenters. The molecule has 2 amide bonds. The highest BCUT2D eigenvalue weighted by molar-refractivity contribution is 6.05. The number of ketones is 1. The molecule has 0 radical (unpaired) electrons. The maximum atomic E-state index is 13.1. The normalized spacial score (nSPS) is 11.2. The van der Waals surface area contributed by atoms with Crippen LogP contribution in [-0.4, -0.2) is 70.8 Å². The molecule has 0 saturated heterocycles. The number of amides is 2. The first kappa shape index (κ1) is 47.6. The van der Waals surface area contributed by atoms with Crippen LogP contribution in [0.25, 0.3) is 21.8 Å². The zero-order valence-electron chi connectivity index (χ0n) is 38.3. The minimum absolute atomic E-state index is 0.0203. The van der Waals surface area contributed by atoms with E-state index in [0.29, 0.717) is 70.2 Å². The third-order valence-electron chi connectivity index (χ3n) is 10.6. The van der Waals surface area contributed by atoms with Crippen molar-refractivity contribution in [3.8, 4) is 0 Å². The standard InChI is InChI=1S/C26H26FN5O2.C26H24FN5O2/c2*1-16(33)19-8-13-22-23(14-19)30-26(32(2)3)31-24(22)28-15-17-4-11-21(12-5-17)29-25(34)18-6-9-20(27)10-7-18/h4-14,16,33H,15H2,1-3H3,(H,29,34)(H,28,30,31);4-14H,15H2,1-3H3,(H,29,34)(H,28,30,31). The fourth-order valence-corrected chi connectivity index (χ4v) is 6.79. The van der Waals surface area contributed by atoms with Crippen LogP contribution < -0.4 is 31.1 Å². The summed E-state index contributed by atoms with van der Waals surface area (Å²) < 4.78 is 26.1. The maximum Gasteiger partial charge on any atom is 0.255 e. The summed E-state index contributed by atoms with van der Waals surface area (Å²) in [7, 11) is 7.47. The lowest BCUT2D eigenvalue weighted by Gasteiger charge is -2.16. The van der Waals surface area contributed by atoms with Crippen molar-refractivity contribution in [2.75, 3.05) is 59.3 Å². The second kappa shape index (κ2) is 21.3. The molecule has 0 aliphatic heterocycles. The van der Waals surface area contributed by atoms with Gasteiger partial charge in [-0.2, -0.15) is 9.97 Å². The van der Waals surface area contributed by atoms with Gasteiger partial charge in [-0.05, 0) is 128 Å². The average Bonchev–Trinajstić information content (AvgIpc) is 3.33. The van der Waals surface area contributed by atoms with Crippen molar-refractivity contribution in [1.82, 2.24) is 19.9 Å². The molecule has 8 aromatic rings. The molecule has 8 rings (SSSR count). The molecule has 0 spiro atoms. The number of anilines is 6. The summed E-state index contributed by atoms with van der Waals surface area (Å²) in [4.78, 5) is 58.5. The second-order valence-corrected chi connectivity index (χ2v) is 16.3. The van der Waals surface area contributed by atoms with Crippen molar-refractivity contribution in [3.63, 3.8) is 0 Å². The number of nitrogens with one attached hydrogen (secondary N) is 4. The topological polar surface area (TPSA) is 178 Å². The highest BCUT2D eigenvalue weighted by Crippen LogP contribution is 2.28. The number of Topliss-reactive ketones (excluding diaryl/α,β-unsaturated/α-hetero) is 1. The van der Waals surface area contributed by atoms with Crippen molar-refractivity contribution in [2.24, 2.45) is 0 Å². The molecular weight excluding hydrogens is 867 g/mol. The zero-order valence-corrected chi connectivity index (χ0v) is 38.3. The molecule has 0 aliphatic rings. The SMILES string of the molecule is CC(=O)c1ccc2c(NCc3ccc(NC(=O)c4ccc(F)cc4)cc3)nc(N(C)C)nc2c1.CC(O)c1ccc2c(NCc3ccc(NC(=O)c4ccc(F)cc4)cc3)nc(N(C)C)nc2c1. The van der Waals surface area contributed by atoms with Crippen LogP contribution in [0.5, 0.6) is 0 Å². The number of carbonyl (C=O) groups excluding carboxylic acids is 3. The highest BCUT2D eigenvalue weighted by Gasteiger charge is 2.14. The first-order valence-electron chi connectivity index (χ1n) is 21.6. The number of aliphatic hydroxyl groups is 1. The Bertz CT molecular complexity index is 3070. The number of rotatable bonds is 14. The molecule has 2 heterocycles. The van der Waals surface area contributed by atoms with Crippen LogP contribution in [0.3, 0.4) is 0 Å². The summed E-state index contributed by atoms with van der Waals surface area (Å²) in [6.07, 6.45) is -0.583. The highest BCUT2D eigenvalue weighted by atomic mass is 19.1. The van der Waals surface area contributed by atoms with E-state index in [2.05, 4.69) is 41.2 Å². The van der Waals surface area contributed by atoms with Crippen LogP contribution in [0.2, 0.25) is 0 Å². The number of aliphatic hydroxyl groups excluding tert-OH is 1. The zero-order chi connectivity index (χ0) is 48.5. The van der Waals surface area contributed by atoms with Gasteiger partial charge < -0.3 is 36.2 Å². The van der Waals surface area contributed by atoms with Gasteiger partial charge in [-0.1, -0.05) is 36.4 Å². The van der Waals surface area contributed by atoms with Crippen molar-refractivity contribution in [1.29, 1.82) is 0 Å². The Morgan fingerprint density at radius 3 is 1.34 bits per heavy atom. The van der Waals surface area contributed by atoms with Crippen LogP contribution in [-0.2, 0) is 13.1 Å². The van der Waals surface area contributed by atoms with Gasteiger partial charge in [0, 0.05) is 80.1 Å². The van der Waals surface area contributed by atoms with Gasteiger partial charge in [-0.15, -0.1) is 0 Å². The molecule has 16 heteroatoms. The van der Waals surface area contributed by atoms with Crippen LogP contribution in [0.4, 0.5) is 43.7 Å². The summed E-state index contributed by atoms with van der Waals surface area (Å²) in [6, 6.07) is 36.7. The van der Waals surface area contributed by atoms with E-state index in [1.807, 2.05) is 98.7 Å². The van der Waals surface area contributed by atoms with E-state index in [9.17, 15) is 28.3 Å². The number of hydrogen-bond donors (Lipinski definition) is 5. The third kappa shape index (κ3) is 12.1. The Morgan fingerprint density at radius 1 is 0.544 bits per heavy atom. The van der Waals surface area contributed by atoms with Gasteiger partial charge in [0.25, 0.3) is 11.8 Å². The number of benzene rings is 6. The fourth-order valence-electron chi connectivity index (χ4n) is 6.79. The number of fused-ring (bicyclic) bond motifs is 2. The maximum absolute atomic E-state index is 13.1. The van der Waals surface area contributed by atoms with Gasteiger partial charge in [-0.3, -0.25) is 14.4 Å². The minimum Gasteiger partial charge on any atom is -0.389 e. The largest absolute Gasteiger partial charge is 0.389 e. The molecule has 6 aromatic carbocycles. The van der Waals surface area contributed by atoms with E-state index in [-0.39, 0.29) is 29.2 Å². The lowest BCUT2D eigenvalue weighted by atomic mass is 10.1. The Hall–Kier alpha value is -8.37. The summed E-state index contributed by atoms with van der Waals surface area (Å²) >= 11 is 0. The molecule has 0 fully saturated rings. The van der Waals surface area contributed by atoms with Crippen molar-refractivity contribution < 1.29 is 28.3 Å². The molecule has 5 N–H and O–H groups in total. The molecule has 2 aromatic heterocycles. The Kier molecular flexibility index (Phi) is 14.9. The molecular formula is C52H50F2N10O4. The van der Waals surface area contributed by atoms with E-state index < -0.39 is 6.10 Å². The van der Waals surface area contributed by atoms with Crippen LogP contribution >= 0.6 is 0 Å². The molecule has 0 aliphatic carbocycles. The Morgan fingerprint density at radius 2 is 0.941 bits per heavy atom. The molecule has 1 atom stereocenters. The van der Waals surface area contributed by atoms with Crippen LogP contribution in [0.1, 0.15) is 67.7 Å². The predicted octanol–water partition coefficient (Wildman–Crippen LogP) is 9.65.